The molecule has 0 amide bonds. The summed E-state index contributed by atoms with van der Waals surface area (Å²) in [5, 5.41) is 6.49. The summed E-state index contributed by atoms with van der Waals surface area (Å²) >= 11 is 1.65. The molecule has 0 fully saturated rings. The minimum Gasteiger partial charge on any atom is -0.492 e. The normalized spacial score (nSPS) is 16.7. The monoisotopic (exact) mass is 297 g/mol. The van der Waals surface area contributed by atoms with Crippen LogP contribution in [0, 0.1) is 0 Å². The van der Waals surface area contributed by atoms with E-state index in [0.29, 0.717) is 6.61 Å². The van der Waals surface area contributed by atoms with Gasteiger partial charge in [-0.3, -0.25) is 0 Å². The van der Waals surface area contributed by atoms with Gasteiger partial charge in [0.15, 0.2) is 0 Å². The van der Waals surface area contributed by atoms with Crippen LogP contribution in [-0.2, 0) is 0 Å². The number of ether oxygens (including phenoxy) is 1. The Labute approximate surface area is 126 Å². The van der Waals surface area contributed by atoms with E-state index in [1.807, 2.05) is 18.2 Å². The highest BCUT2D eigenvalue weighted by atomic mass is 32.1. The molecule has 1 aliphatic heterocycles. The number of para-hydroxylation sites is 1. The van der Waals surface area contributed by atoms with Crippen molar-refractivity contribution in [1.82, 2.24) is 9.97 Å². The topological polar surface area (TPSA) is 47.0 Å². The lowest BCUT2D eigenvalue weighted by Gasteiger charge is -2.11. The third-order valence-electron chi connectivity index (χ3n) is 3.70. The Kier molecular flexibility index (Phi) is 3.00. The van der Waals surface area contributed by atoms with E-state index < -0.39 is 0 Å². The van der Waals surface area contributed by atoms with Crippen LogP contribution in [0.25, 0.3) is 10.2 Å². The van der Waals surface area contributed by atoms with Crippen molar-refractivity contribution in [3.8, 4) is 5.75 Å². The van der Waals surface area contributed by atoms with Gasteiger partial charge < -0.3 is 10.1 Å². The summed E-state index contributed by atoms with van der Waals surface area (Å²) in [7, 11) is 0. The fourth-order valence-corrected chi connectivity index (χ4v) is 3.48. The van der Waals surface area contributed by atoms with E-state index in [1.165, 1.54) is 5.56 Å². The second kappa shape index (κ2) is 5.00. The van der Waals surface area contributed by atoms with Crippen molar-refractivity contribution in [3.05, 3.63) is 47.1 Å². The number of hydrogen-bond donors (Lipinski definition) is 1. The Morgan fingerprint density at radius 2 is 2.19 bits per heavy atom. The van der Waals surface area contributed by atoms with Gasteiger partial charge in [-0.05, 0) is 24.4 Å². The molecule has 0 saturated carbocycles. The van der Waals surface area contributed by atoms with Crippen molar-refractivity contribution in [1.29, 1.82) is 0 Å². The lowest BCUT2D eigenvalue weighted by atomic mass is 10.0. The average molecular weight is 297 g/mol. The molecule has 4 nitrogen and oxygen atoms in total. The molecule has 3 heterocycles. The number of aromatic nitrogens is 2. The summed E-state index contributed by atoms with van der Waals surface area (Å²) in [6.45, 7) is 3.54. The Morgan fingerprint density at radius 1 is 1.29 bits per heavy atom. The first-order chi connectivity index (χ1) is 10.4. The van der Waals surface area contributed by atoms with Crippen LogP contribution in [0.2, 0.25) is 0 Å². The van der Waals surface area contributed by atoms with Gasteiger partial charge in [-0.1, -0.05) is 18.2 Å². The number of benzene rings is 1. The maximum absolute atomic E-state index is 5.76. The van der Waals surface area contributed by atoms with Crippen molar-refractivity contribution >= 4 is 27.4 Å². The van der Waals surface area contributed by atoms with Gasteiger partial charge in [-0.2, -0.15) is 0 Å². The Hall–Kier alpha value is -2.14. The maximum atomic E-state index is 5.76. The Morgan fingerprint density at radius 3 is 3.10 bits per heavy atom. The minimum absolute atomic E-state index is 0.116. The van der Waals surface area contributed by atoms with E-state index in [-0.39, 0.29) is 5.92 Å². The van der Waals surface area contributed by atoms with E-state index in [2.05, 4.69) is 29.8 Å². The molecule has 0 spiro atoms. The molecule has 0 radical (unpaired) electrons. The van der Waals surface area contributed by atoms with Crippen molar-refractivity contribution < 1.29 is 4.74 Å². The molecule has 21 heavy (non-hydrogen) atoms. The van der Waals surface area contributed by atoms with Gasteiger partial charge in [0.05, 0.1) is 11.3 Å². The predicted octanol–water partition coefficient (Wildman–Crippen LogP) is 3.65. The zero-order chi connectivity index (χ0) is 14.2. The number of hydrogen-bond acceptors (Lipinski definition) is 5. The largest absolute Gasteiger partial charge is 0.492 e. The first kappa shape index (κ1) is 12.6. The Bertz CT molecular complexity index is 799. The highest BCUT2D eigenvalue weighted by Crippen LogP contribution is 2.38. The smallest absolute Gasteiger partial charge is 0.143 e. The van der Waals surface area contributed by atoms with Crippen LogP contribution < -0.4 is 10.1 Å². The van der Waals surface area contributed by atoms with Gasteiger partial charge in [-0.25, -0.2) is 9.97 Å². The third kappa shape index (κ3) is 2.05. The van der Waals surface area contributed by atoms with Crippen LogP contribution in [0.1, 0.15) is 24.2 Å². The van der Waals surface area contributed by atoms with Gasteiger partial charge in [0.2, 0.25) is 0 Å². The molecule has 0 saturated heterocycles. The number of nitrogens with one attached hydrogen (secondary N) is 1. The standard InChI is InChI=1S/C16H15N3OS/c1-2-17-14-11-7-8-21-16(11)19-15(18-14)12-9-20-13-6-4-3-5-10(12)13/h3-8,12H,2,9H2,1H3,(H,17,18,19). The summed E-state index contributed by atoms with van der Waals surface area (Å²) in [5.41, 5.74) is 1.18. The van der Waals surface area contributed by atoms with Gasteiger partial charge in [0, 0.05) is 12.1 Å². The summed E-state index contributed by atoms with van der Waals surface area (Å²) < 4.78 is 5.76. The molecular weight excluding hydrogens is 282 g/mol. The van der Waals surface area contributed by atoms with Crippen LogP contribution in [-0.4, -0.2) is 23.1 Å². The summed E-state index contributed by atoms with van der Waals surface area (Å²) in [5.74, 6) is 2.82. The molecule has 0 bridgehead atoms. The van der Waals surface area contributed by atoms with E-state index in [0.717, 1.165) is 34.2 Å². The molecule has 4 rings (SSSR count). The SMILES string of the molecule is CCNc1nc(C2COc3ccccc32)nc2sccc12. The number of anilines is 1. The van der Waals surface area contributed by atoms with Crippen molar-refractivity contribution in [3.63, 3.8) is 0 Å². The summed E-state index contributed by atoms with van der Waals surface area (Å²) in [6.07, 6.45) is 0. The van der Waals surface area contributed by atoms with E-state index in [9.17, 15) is 0 Å². The van der Waals surface area contributed by atoms with E-state index in [1.54, 1.807) is 11.3 Å². The quantitative estimate of drug-likeness (QED) is 0.801. The third-order valence-corrected chi connectivity index (χ3v) is 4.50. The fraction of sp³-hybridized carbons (Fsp3) is 0.250. The van der Waals surface area contributed by atoms with E-state index >= 15 is 0 Å². The number of thiophene rings is 1. The molecular formula is C16H15N3OS. The lowest BCUT2D eigenvalue weighted by Crippen LogP contribution is -2.10. The number of nitrogens with zero attached hydrogens (tertiary/aromatic N) is 2. The van der Waals surface area contributed by atoms with Crippen LogP contribution >= 0.6 is 11.3 Å². The first-order valence-corrected chi connectivity index (χ1v) is 7.95. The molecule has 1 aromatic carbocycles. The summed E-state index contributed by atoms with van der Waals surface area (Å²) in [6, 6.07) is 10.2. The summed E-state index contributed by atoms with van der Waals surface area (Å²) in [4.78, 5) is 10.5. The highest BCUT2D eigenvalue weighted by Gasteiger charge is 2.28. The molecule has 3 aromatic rings. The number of rotatable bonds is 3. The van der Waals surface area contributed by atoms with Gasteiger partial charge >= 0.3 is 0 Å². The molecule has 0 aliphatic carbocycles. The van der Waals surface area contributed by atoms with E-state index in [4.69, 9.17) is 14.7 Å². The van der Waals surface area contributed by atoms with Crippen LogP contribution in [0.3, 0.4) is 0 Å². The van der Waals surface area contributed by atoms with Crippen molar-refractivity contribution in [2.45, 2.75) is 12.8 Å². The second-order valence-electron chi connectivity index (χ2n) is 5.00. The van der Waals surface area contributed by atoms with Crippen LogP contribution in [0.4, 0.5) is 5.82 Å². The predicted molar refractivity (Wildman–Crippen MR) is 85.4 cm³/mol. The first-order valence-electron chi connectivity index (χ1n) is 7.07. The van der Waals surface area contributed by atoms with Crippen molar-refractivity contribution in [2.24, 2.45) is 0 Å². The average Bonchev–Trinajstić information content (AvgIpc) is 3.13. The minimum atomic E-state index is 0.116. The Balaban J connectivity index is 1.84. The maximum Gasteiger partial charge on any atom is 0.143 e. The zero-order valence-corrected chi connectivity index (χ0v) is 12.5. The highest BCUT2D eigenvalue weighted by molar-refractivity contribution is 7.16. The van der Waals surface area contributed by atoms with Gasteiger partial charge in [0.25, 0.3) is 0 Å². The van der Waals surface area contributed by atoms with Crippen LogP contribution in [0.5, 0.6) is 5.75 Å². The molecule has 1 N–H and O–H groups in total. The van der Waals surface area contributed by atoms with Crippen LogP contribution in [0.15, 0.2) is 35.7 Å². The molecule has 1 unspecified atom stereocenters. The molecule has 5 heteroatoms. The molecule has 1 aliphatic rings. The lowest BCUT2D eigenvalue weighted by molar-refractivity contribution is 0.340. The second-order valence-corrected chi connectivity index (χ2v) is 5.90. The molecule has 1 atom stereocenters. The zero-order valence-electron chi connectivity index (χ0n) is 11.7. The number of fused-ring (bicyclic) bond motifs is 2. The van der Waals surface area contributed by atoms with Gasteiger partial charge in [-0.15, -0.1) is 11.3 Å². The molecule has 106 valence electrons. The van der Waals surface area contributed by atoms with Gasteiger partial charge in [0.1, 0.15) is 28.8 Å². The molecule has 2 aromatic heterocycles. The fourth-order valence-electron chi connectivity index (χ4n) is 2.71. The van der Waals surface area contributed by atoms with Crippen molar-refractivity contribution in [2.75, 3.05) is 18.5 Å².